The number of nitrogens with zero attached hydrogens (tertiary/aromatic N) is 1. The normalized spacial score (nSPS) is 10.1. The van der Waals surface area contributed by atoms with Gasteiger partial charge in [0.05, 0.1) is 26.5 Å². The largest absolute Gasteiger partial charge is 0.493 e. The minimum atomic E-state index is -1.01. The predicted octanol–water partition coefficient (Wildman–Crippen LogP) is 2.47. The van der Waals surface area contributed by atoms with Crippen LogP contribution in [0.25, 0.3) is 0 Å². The molecule has 0 amide bonds. The van der Waals surface area contributed by atoms with Crippen molar-refractivity contribution in [2.45, 2.75) is 6.54 Å². The van der Waals surface area contributed by atoms with Gasteiger partial charge in [0.1, 0.15) is 0 Å². The Balaban J connectivity index is 2.04. The first-order chi connectivity index (χ1) is 9.63. The number of ether oxygens (including phenoxy) is 2. The van der Waals surface area contributed by atoms with Crippen molar-refractivity contribution in [1.82, 2.24) is 4.98 Å². The topological polar surface area (TPSA) is 80.7 Å². The van der Waals surface area contributed by atoms with E-state index in [4.69, 9.17) is 14.6 Å². The molecule has 0 radical (unpaired) electrons. The van der Waals surface area contributed by atoms with Gasteiger partial charge in [0.2, 0.25) is 5.01 Å². The number of methoxy groups -OCH3 is 2. The molecular weight excluding hydrogens is 280 g/mol. The number of aromatic carboxylic acids is 1. The van der Waals surface area contributed by atoms with Gasteiger partial charge >= 0.3 is 5.97 Å². The fourth-order valence-electron chi connectivity index (χ4n) is 1.63. The van der Waals surface area contributed by atoms with Crippen LogP contribution in [0.15, 0.2) is 23.6 Å². The molecule has 0 bridgehead atoms. The van der Waals surface area contributed by atoms with Crippen molar-refractivity contribution in [2.75, 3.05) is 19.5 Å². The molecule has 20 heavy (non-hydrogen) atoms. The average Bonchev–Trinajstić information content (AvgIpc) is 2.94. The number of hydrogen-bond donors (Lipinski definition) is 2. The summed E-state index contributed by atoms with van der Waals surface area (Å²) in [6.45, 7) is 0.444. The van der Waals surface area contributed by atoms with Crippen LogP contribution in [0.2, 0.25) is 0 Å². The number of nitrogens with one attached hydrogen (secondary N) is 1. The molecule has 1 aromatic heterocycles. The third kappa shape index (κ3) is 3.18. The number of rotatable bonds is 6. The van der Waals surface area contributed by atoms with Crippen molar-refractivity contribution in [2.24, 2.45) is 0 Å². The molecule has 0 aliphatic rings. The Morgan fingerprint density at radius 2 is 2.10 bits per heavy atom. The Labute approximate surface area is 120 Å². The van der Waals surface area contributed by atoms with Crippen LogP contribution in [0.4, 0.5) is 5.69 Å². The van der Waals surface area contributed by atoms with Crippen molar-refractivity contribution < 1.29 is 19.4 Å². The Hall–Kier alpha value is -2.28. The Morgan fingerprint density at radius 3 is 2.70 bits per heavy atom. The highest BCUT2D eigenvalue weighted by atomic mass is 32.1. The van der Waals surface area contributed by atoms with Crippen LogP contribution in [-0.4, -0.2) is 30.3 Å². The van der Waals surface area contributed by atoms with Crippen LogP contribution < -0.4 is 14.8 Å². The van der Waals surface area contributed by atoms with Gasteiger partial charge < -0.3 is 19.9 Å². The molecule has 2 N–H and O–H groups in total. The minimum absolute atomic E-state index is 0.0918. The summed E-state index contributed by atoms with van der Waals surface area (Å²) in [4.78, 5) is 14.7. The van der Waals surface area contributed by atoms with Crippen molar-refractivity contribution in [3.63, 3.8) is 0 Å². The number of benzene rings is 1. The molecule has 6 nitrogen and oxygen atoms in total. The van der Waals surface area contributed by atoms with Crippen molar-refractivity contribution >= 4 is 23.0 Å². The molecule has 0 spiro atoms. The number of aromatic nitrogens is 1. The SMILES string of the molecule is COc1ccc(NCc2csc(C(=O)O)n2)cc1OC. The van der Waals surface area contributed by atoms with Gasteiger partial charge in [-0.3, -0.25) is 0 Å². The lowest BCUT2D eigenvalue weighted by Gasteiger charge is -2.10. The number of carbonyl (C=O) groups is 1. The van der Waals surface area contributed by atoms with Gasteiger partial charge in [0, 0.05) is 17.1 Å². The van der Waals surface area contributed by atoms with Crippen LogP contribution in [0.3, 0.4) is 0 Å². The first-order valence-electron chi connectivity index (χ1n) is 5.77. The van der Waals surface area contributed by atoms with E-state index >= 15 is 0 Å². The fraction of sp³-hybridized carbons (Fsp3) is 0.231. The van der Waals surface area contributed by atoms with Crippen LogP contribution >= 0.6 is 11.3 Å². The third-order valence-corrected chi connectivity index (χ3v) is 3.47. The summed E-state index contributed by atoms with van der Waals surface area (Å²) >= 11 is 1.11. The standard InChI is InChI=1S/C13H14N2O4S/c1-18-10-4-3-8(5-11(10)19-2)14-6-9-7-20-12(15-9)13(16)17/h3-5,7,14H,6H2,1-2H3,(H,16,17). The zero-order chi connectivity index (χ0) is 14.5. The lowest BCUT2D eigenvalue weighted by atomic mass is 10.2. The van der Waals surface area contributed by atoms with Gasteiger partial charge in [-0.25, -0.2) is 9.78 Å². The number of carboxylic acid groups (broad SMARTS) is 1. The Morgan fingerprint density at radius 1 is 1.35 bits per heavy atom. The molecule has 7 heteroatoms. The predicted molar refractivity (Wildman–Crippen MR) is 75.9 cm³/mol. The highest BCUT2D eigenvalue weighted by Gasteiger charge is 2.09. The maximum absolute atomic E-state index is 10.7. The fourth-order valence-corrected chi connectivity index (χ4v) is 2.28. The first-order valence-corrected chi connectivity index (χ1v) is 6.65. The second kappa shape index (κ2) is 6.25. The number of thiazole rings is 1. The van der Waals surface area contributed by atoms with Crippen LogP contribution in [0.1, 0.15) is 15.5 Å². The van der Waals surface area contributed by atoms with Crippen molar-refractivity contribution in [3.05, 3.63) is 34.3 Å². The highest BCUT2D eigenvalue weighted by molar-refractivity contribution is 7.11. The van der Waals surface area contributed by atoms with E-state index in [9.17, 15) is 4.79 Å². The van der Waals surface area contributed by atoms with E-state index in [1.165, 1.54) is 0 Å². The molecule has 0 aliphatic heterocycles. The molecular formula is C13H14N2O4S. The van der Waals surface area contributed by atoms with Gasteiger partial charge in [-0.1, -0.05) is 0 Å². The molecule has 0 unspecified atom stereocenters. The zero-order valence-corrected chi connectivity index (χ0v) is 11.9. The third-order valence-electron chi connectivity index (χ3n) is 2.59. The smallest absolute Gasteiger partial charge is 0.365 e. The molecule has 1 heterocycles. The van der Waals surface area contributed by atoms with Gasteiger partial charge in [-0.05, 0) is 12.1 Å². The van der Waals surface area contributed by atoms with E-state index in [1.807, 2.05) is 12.1 Å². The van der Waals surface area contributed by atoms with Gasteiger partial charge in [0.15, 0.2) is 11.5 Å². The summed E-state index contributed by atoms with van der Waals surface area (Å²) in [5.74, 6) is 0.272. The summed E-state index contributed by atoms with van der Waals surface area (Å²) < 4.78 is 10.4. The molecule has 2 rings (SSSR count). The lowest BCUT2D eigenvalue weighted by Crippen LogP contribution is -2.02. The first kappa shape index (κ1) is 14.1. The molecule has 0 fully saturated rings. The van der Waals surface area contributed by atoms with Crippen molar-refractivity contribution in [3.8, 4) is 11.5 Å². The average molecular weight is 294 g/mol. The second-order valence-electron chi connectivity index (χ2n) is 3.87. The quantitative estimate of drug-likeness (QED) is 0.852. The number of carboxylic acids is 1. The summed E-state index contributed by atoms with van der Waals surface area (Å²) in [5.41, 5.74) is 1.52. The second-order valence-corrected chi connectivity index (χ2v) is 4.73. The summed E-state index contributed by atoms with van der Waals surface area (Å²) in [6.07, 6.45) is 0. The molecule has 0 saturated carbocycles. The molecule has 0 saturated heterocycles. The monoisotopic (exact) mass is 294 g/mol. The maximum Gasteiger partial charge on any atom is 0.365 e. The molecule has 2 aromatic rings. The van der Waals surface area contributed by atoms with E-state index in [1.54, 1.807) is 25.7 Å². The highest BCUT2D eigenvalue weighted by Crippen LogP contribution is 2.29. The molecule has 0 aliphatic carbocycles. The van der Waals surface area contributed by atoms with Crippen LogP contribution in [0, 0.1) is 0 Å². The molecule has 0 atom stereocenters. The Bertz CT molecular complexity index is 612. The summed E-state index contributed by atoms with van der Waals surface area (Å²) in [6, 6.07) is 5.46. The van der Waals surface area contributed by atoms with E-state index in [-0.39, 0.29) is 5.01 Å². The maximum atomic E-state index is 10.7. The number of anilines is 1. The van der Waals surface area contributed by atoms with Gasteiger partial charge in [0.25, 0.3) is 0 Å². The summed E-state index contributed by atoms with van der Waals surface area (Å²) in [5, 5.41) is 13.8. The lowest BCUT2D eigenvalue weighted by molar-refractivity contribution is 0.0696. The van der Waals surface area contributed by atoms with Gasteiger partial charge in [-0.2, -0.15) is 0 Å². The van der Waals surface area contributed by atoms with Crippen molar-refractivity contribution in [1.29, 1.82) is 0 Å². The molecule has 1 aromatic carbocycles. The minimum Gasteiger partial charge on any atom is -0.493 e. The van der Waals surface area contributed by atoms with Crippen LogP contribution in [0.5, 0.6) is 11.5 Å². The Kier molecular flexibility index (Phi) is 4.41. The van der Waals surface area contributed by atoms with Gasteiger partial charge in [-0.15, -0.1) is 11.3 Å². The van der Waals surface area contributed by atoms with Crippen LogP contribution in [-0.2, 0) is 6.54 Å². The number of hydrogen-bond acceptors (Lipinski definition) is 6. The van der Waals surface area contributed by atoms with E-state index < -0.39 is 5.97 Å². The van der Waals surface area contributed by atoms with E-state index in [0.717, 1.165) is 17.0 Å². The zero-order valence-electron chi connectivity index (χ0n) is 11.0. The molecule has 106 valence electrons. The van der Waals surface area contributed by atoms with E-state index in [2.05, 4.69) is 10.3 Å². The van der Waals surface area contributed by atoms with E-state index in [0.29, 0.717) is 23.7 Å². The summed E-state index contributed by atoms with van der Waals surface area (Å²) in [7, 11) is 3.15.